The molecule has 3 aromatic heterocycles. The largest absolute Gasteiger partial charge is 0.381 e. The molecule has 7 aliphatic heterocycles. The number of ketones is 1. The molecule has 7 fully saturated rings. The van der Waals surface area contributed by atoms with Gasteiger partial charge < -0.3 is 24.3 Å². The number of hydrogen-bond donors (Lipinski definition) is 4. The quantitative estimate of drug-likeness (QED) is 0.122. The fourth-order valence-electron chi connectivity index (χ4n) is 10.2. The van der Waals surface area contributed by atoms with Crippen molar-refractivity contribution in [1.29, 1.82) is 0 Å². The Labute approximate surface area is 418 Å². The highest BCUT2D eigenvalue weighted by molar-refractivity contribution is 6.33. The average Bonchev–Trinajstić information content (AvgIpc) is 4.21. The lowest BCUT2D eigenvalue weighted by Gasteiger charge is -2.50. The van der Waals surface area contributed by atoms with Crippen molar-refractivity contribution in [2.24, 2.45) is 0 Å². The van der Waals surface area contributed by atoms with Crippen molar-refractivity contribution >= 4 is 73.3 Å². The standard InChI is InChI=1S/C16H17ClN4O.C16H20ClN3O.C12H14ClN3.C4H8O.C3H4O2/c1-18-16(9-22-10-16)21-4-2-11(3-5-21)13-7-15-12(6-14(13)17)8-19-20-15;1-16(9-21-10-16)20-4-2-11(3-5-20)13-7-15-12(6-14(13)17)8-18-19-15;13-11-5-9-7-15-16-12(9)6-10(11)8-1-3-14-4-2-8;1-2-4-5-3-1;4-3-1-5-2-3/h6-8,11H,2-5,9-10H2,(H,19,20);6-8,11H,2-5,9-10H2,1H3,(H,18,19);5-8,14H,1-4H2,(H,15,16);1-4H2;1-2H2. The smallest absolute Gasteiger partial charge is 0.334 e. The first-order valence-electron chi connectivity index (χ1n) is 24.4. The van der Waals surface area contributed by atoms with Crippen LogP contribution in [0.25, 0.3) is 37.6 Å². The minimum absolute atomic E-state index is 0.213. The van der Waals surface area contributed by atoms with Crippen LogP contribution in [-0.2, 0) is 23.7 Å². The van der Waals surface area contributed by atoms with Gasteiger partial charge >= 0.3 is 5.66 Å². The molecule has 10 heterocycles. The summed E-state index contributed by atoms with van der Waals surface area (Å²) in [6, 6.07) is 12.5. The van der Waals surface area contributed by atoms with Crippen LogP contribution >= 0.6 is 34.8 Å². The van der Waals surface area contributed by atoms with Crippen LogP contribution in [0.4, 0.5) is 0 Å². The van der Waals surface area contributed by atoms with Crippen LogP contribution in [0.5, 0.6) is 0 Å². The van der Waals surface area contributed by atoms with E-state index in [9.17, 15) is 4.79 Å². The summed E-state index contributed by atoms with van der Waals surface area (Å²) >= 11 is 19.3. The maximum atomic E-state index is 9.77. The van der Waals surface area contributed by atoms with E-state index in [1.54, 1.807) is 6.20 Å². The third-order valence-electron chi connectivity index (χ3n) is 14.7. The maximum absolute atomic E-state index is 9.77. The normalized spacial score (nSPS) is 21.8. The predicted octanol–water partition coefficient (Wildman–Crippen LogP) is 9.29. The molecule has 7 saturated heterocycles. The van der Waals surface area contributed by atoms with Gasteiger partial charge in [-0.05, 0) is 155 Å². The third-order valence-corrected chi connectivity index (χ3v) is 15.7. The highest BCUT2D eigenvalue weighted by Gasteiger charge is 2.52. The van der Waals surface area contributed by atoms with Crippen LogP contribution in [0.1, 0.15) is 92.7 Å². The van der Waals surface area contributed by atoms with Crippen LogP contribution in [0, 0.1) is 6.57 Å². The molecular weight excluding hydrogens is 939 g/mol. The second-order valence-electron chi connectivity index (χ2n) is 19.5. The Hall–Kier alpha value is -4.18. The Kier molecular flexibility index (Phi) is 16.5. The molecule has 69 heavy (non-hydrogen) atoms. The van der Waals surface area contributed by atoms with E-state index in [1.165, 1.54) is 42.4 Å². The predicted molar refractivity (Wildman–Crippen MR) is 271 cm³/mol. The Morgan fingerprint density at radius 1 is 0.594 bits per heavy atom. The van der Waals surface area contributed by atoms with Crippen LogP contribution in [-0.4, -0.2) is 150 Å². The van der Waals surface area contributed by atoms with E-state index < -0.39 is 5.66 Å². The lowest BCUT2D eigenvalue weighted by atomic mass is 9.86. The lowest BCUT2D eigenvalue weighted by Crippen LogP contribution is -2.61. The molecule has 3 aromatic carbocycles. The van der Waals surface area contributed by atoms with Gasteiger partial charge in [0.1, 0.15) is 26.4 Å². The molecule has 0 aliphatic carbocycles. The number of aromatic amines is 3. The van der Waals surface area contributed by atoms with Crippen molar-refractivity contribution in [1.82, 2.24) is 45.7 Å². The molecule has 4 N–H and O–H groups in total. The van der Waals surface area contributed by atoms with E-state index in [4.69, 9.17) is 55.6 Å². The second kappa shape index (κ2) is 22.9. The van der Waals surface area contributed by atoms with Crippen LogP contribution in [0.2, 0.25) is 15.1 Å². The summed E-state index contributed by atoms with van der Waals surface area (Å²) in [4.78, 5) is 18.4. The van der Waals surface area contributed by atoms with Crippen molar-refractivity contribution in [3.8, 4) is 0 Å². The Morgan fingerprint density at radius 3 is 1.32 bits per heavy atom. The minimum Gasteiger partial charge on any atom is -0.381 e. The monoisotopic (exact) mass is 1000 g/mol. The first kappa shape index (κ1) is 49.8. The zero-order valence-electron chi connectivity index (χ0n) is 39.3. The van der Waals surface area contributed by atoms with Gasteiger partial charge in [0.15, 0.2) is 5.78 Å². The molecular formula is C51H63Cl3N10O5. The van der Waals surface area contributed by atoms with Gasteiger partial charge in [-0.15, -0.1) is 0 Å². The van der Waals surface area contributed by atoms with Gasteiger partial charge in [-0.1, -0.05) is 34.8 Å². The molecule has 0 atom stereocenters. The number of hydrogen-bond acceptors (Lipinski definition) is 11. The maximum Gasteiger partial charge on any atom is 0.334 e. The number of carbonyl (C=O) groups excluding carboxylic acids is 1. The highest BCUT2D eigenvalue weighted by atomic mass is 35.5. The second-order valence-corrected chi connectivity index (χ2v) is 20.7. The number of nitrogens with zero attached hydrogens (tertiary/aromatic N) is 6. The van der Waals surface area contributed by atoms with Crippen molar-refractivity contribution in [3.63, 3.8) is 0 Å². The van der Waals surface area contributed by atoms with E-state index in [2.05, 4.69) is 80.4 Å². The zero-order chi connectivity index (χ0) is 47.8. The number of rotatable bonds is 5. The number of benzene rings is 3. The van der Waals surface area contributed by atoms with E-state index in [1.807, 2.05) is 30.6 Å². The minimum atomic E-state index is -0.401. The van der Waals surface area contributed by atoms with Crippen molar-refractivity contribution in [3.05, 3.63) is 98.2 Å². The zero-order valence-corrected chi connectivity index (χ0v) is 41.6. The SMILES string of the molecule is C1CCOC1.CC1(N2CCC(c3cc4[nH]ncc4cc3Cl)CC2)COC1.Clc1cc2cn[nH]c2cc1C1CCNCC1.O=C1COC1.[C-]#[N+]C1(N2CCC(c3cc4[nH]ncc4cc3Cl)CC2)COC1. The van der Waals surface area contributed by atoms with E-state index in [0.29, 0.717) is 44.2 Å². The molecule has 0 amide bonds. The Morgan fingerprint density at radius 2 is 1.00 bits per heavy atom. The molecule has 368 valence electrons. The molecule has 18 heteroatoms. The fraction of sp³-hybridized carbons (Fsp3) is 0.549. The number of likely N-dealkylation sites (tertiary alicyclic amines) is 2. The summed E-state index contributed by atoms with van der Waals surface area (Å²) in [5.74, 6) is 1.79. The molecule has 0 unspecified atom stereocenters. The van der Waals surface area contributed by atoms with E-state index >= 15 is 0 Å². The molecule has 0 saturated carbocycles. The lowest BCUT2D eigenvalue weighted by molar-refractivity contribution is -0.140. The average molecular weight is 1000 g/mol. The summed E-state index contributed by atoms with van der Waals surface area (Å²) in [6.07, 6.45) is 14.7. The van der Waals surface area contributed by atoms with Gasteiger partial charge in [-0.2, -0.15) is 15.3 Å². The number of carbonyl (C=O) groups is 1. The number of ether oxygens (including phenoxy) is 4. The molecule has 0 spiro atoms. The third kappa shape index (κ3) is 11.8. The number of H-pyrrole nitrogens is 3. The molecule has 15 nitrogen and oxygen atoms in total. The number of nitrogens with one attached hydrogen (secondary N) is 4. The molecule has 0 radical (unpaired) electrons. The first-order chi connectivity index (χ1) is 33.6. The highest BCUT2D eigenvalue weighted by Crippen LogP contribution is 2.40. The van der Waals surface area contributed by atoms with Crippen LogP contribution in [0.3, 0.4) is 0 Å². The number of aromatic nitrogens is 6. The first-order valence-corrected chi connectivity index (χ1v) is 25.5. The van der Waals surface area contributed by atoms with Crippen molar-refractivity contribution in [2.45, 2.75) is 87.2 Å². The number of fused-ring (bicyclic) bond motifs is 3. The molecule has 0 bridgehead atoms. The molecule has 6 aromatic rings. The fourth-order valence-corrected chi connectivity index (χ4v) is 11.2. The van der Waals surface area contributed by atoms with Gasteiger partial charge in [0.2, 0.25) is 0 Å². The van der Waals surface area contributed by atoms with E-state index in [0.717, 1.165) is 139 Å². The number of piperidine rings is 3. The Bertz CT molecular complexity index is 2670. The number of Topliss-reactive ketones (excluding diaryl/α,β-unsaturated/α-hetero) is 1. The molecule has 13 rings (SSSR count). The number of halogens is 3. The van der Waals surface area contributed by atoms with Gasteiger partial charge in [-0.25, -0.2) is 11.5 Å². The van der Waals surface area contributed by atoms with Gasteiger partial charge in [0.05, 0.1) is 53.9 Å². The van der Waals surface area contributed by atoms with Crippen molar-refractivity contribution < 1.29 is 23.7 Å². The summed E-state index contributed by atoms with van der Waals surface area (Å²) in [7, 11) is 0. The summed E-state index contributed by atoms with van der Waals surface area (Å²) < 4.78 is 20.1. The van der Waals surface area contributed by atoms with Gasteiger partial charge in [0, 0.05) is 57.5 Å². The summed E-state index contributed by atoms with van der Waals surface area (Å²) in [5, 5.41) is 30.4. The van der Waals surface area contributed by atoms with Crippen LogP contribution in [0.15, 0.2) is 55.0 Å². The Balaban J connectivity index is 0.000000118. The topological polar surface area (TPSA) is 163 Å². The van der Waals surface area contributed by atoms with Crippen molar-refractivity contribution in [2.75, 3.05) is 92.1 Å². The van der Waals surface area contributed by atoms with Crippen LogP contribution < -0.4 is 5.32 Å². The molecule has 7 aliphatic rings. The summed E-state index contributed by atoms with van der Waals surface area (Å²) in [6.45, 7) is 21.5. The van der Waals surface area contributed by atoms with E-state index in [-0.39, 0.29) is 11.3 Å². The summed E-state index contributed by atoms with van der Waals surface area (Å²) in [5.41, 5.74) is 6.79. The van der Waals surface area contributed by atoms with Gasteiger partial charge in [0.25, 0.3) is 0 Å². The van der Waals surface area contributed by atoms with Gasteiger partial charge in [-0.3, -0.25) is 29.8 Å².